The molecular weight excluding hydrogens is 170 g/mol. The van der Waals surface area contributed by atoms with Gasteiger partial charge >= 0.3 is 0 Å². The van der Waals surface area contributed by atoms with Gasteiger partial charge in [0.15, 0.2) is 0 Å². The Morgan fingerprint density at radius 1 is 1.50 bits per heavy atom. The molecule has 3 N–H and O–H groups in total. The van der Waals surface area contributed by atoms with Gasteiger partial charge in [-0.3, -0.25) is 0 Å². The highest BCUT2D eigenvalue weighted by molar-refractivity contribution is 7.16. The molecule has 0 aliphatic carbocycles. The van der Waals surface area contributed by atoms with E-state index < -0.39 is 0 Å². The van der Waals surface area contributed by atoms with Crippen LogP contribution in [0.3, 0.4) is 0 Å². The van der Waals surface area contributed by atoms with Crippen LogP contribution >= 0.6 is 11.3 Å². The molecule has 62 valence electrons. The predicted molar refractivity (Wildman–Crippen MR) is 50.7 cm³/mol. The van der Waals surface area contributed by atoms with Crippen LogP contribution < -0.4 is 10.6 Å². The molecule has 0 spiro atoms. The van der Waals surface area contributed by atoms with Gasteiger partial charge in [0.1, 0.15) is 0 Å². The summed E-state index contributed by atoms with van der Waals surface area (Å²) in [6, 6.07) is 6.23. The Kier molecular flexibility index (Phi) is 1.62. The number of rotatable bonds is 0. The molecule has 3 nitrogen and oxygen atoms in total. The number of hydrogen-bond acceptors (Lipinski definition) is 3. The van der Waals surface area contributed by atoms with Gasteiger partial charge in [0, 0.05) is 0 Å². The van der Waals surface area contributed by atoms with Gasteiger partial charge in [-0.05, 0) is 24.6 Å². The van der Waals surface area contributed by atoms with Gasteiger partial charge in [-0.15, -0.1) is 0 Å². The second kappa shape index (κ2) is 2.64. The lowest BCUT2D eigenvalue weighted by Crippen LogP contribution is -2.00. The van der Waals surface area contributed by atoms with Gasteiger partial charge in [-0.2, -0.15) is 5.10 Å². The summed E-state index contributed by atoms with van der Waals surface area (Å²) in [6.07, 6.45) is 0. The highest BCUT2D eigenvalue weighted by atomic mass is 32.1. The van der Waals surface area contributed by atoms with Crippen molar-refractivity contribution in [3.63, 3.8) is 0 Å². The molecular formula is C8H9N3S. The molecule has 1 heterocycles. The summed E-state index contributed by atoms with van der Waals surface area (Å²) in [4.78, 5) is 3.87. The van der Waals surface area contributed by atoms with Crippen LogP contribution in [0.25, 0.3) is 10.2 Å². The summed E-state index contributed by atoms with van der Waals surface area (Å²) < 4.78 is 1.19. The molecule has 0 fully saturated rings. The monoisotopic (exact) mass is 179 g/mol. The average molecular weight is 179 g/mol. The Morgan fingerprint density at radius 3 is 3.08 bits per heavy atom. The Bertz CT molecular complexity index is 466. The fraction of sp³-hybridized carbons (Fsp3) is 0.125. The van der Waals surface area contributed by atoms with Gasteiger partial charge in [-0.1, -0.05) is 17.4 Å². The van der Waals surface area contributed by atoms with E-state index in [0.717, 1.165) is 10.3 Å². The van der Waals surface area contributed by atoms with E-state index >= 15 is 0 Å². The highest BCUT2D eigenvalue weighted by Crippen LogP contribution is 2.14. The predicted octanol–water partition coefficient (Wildman–Crippen LogP) is 1.31. The van der Waals surface area contributed by atoms with Crippen molar-refractivity contribution < 1.29 is 0 Å². The third-order valence-electron chi connectivity index (χ3n) is 1.70. The zero-order valence-corrected chi connectivity index (χ0v) is 7.48. The number of fused-ring (bicyclic) bond motifs is 1. The van der Waals surface area contributed by atoms with E-state index in [0.29, 0.717) is 0 Å². The van der Waals surface area contributed by atoms with Gasteiger partial charge < -0.3 is 10.8 Å². The molecule has 2 aromatic rings. The van der Waals surface area contributed by atoms with E-state index in [4.69, 9.17) is 5.84 Å². The van der Waals surface area contributed by atoms with E-state index in [-0.39, 0.29) is 0 Å². The van der Waals surface area contributed by atoms with E-state index in [1.807, 2.05) is 0 Å². The van der Waals surface area contributed by atoms with Crippen molar-refractivity contribution in [2.45, 2.75) is 6.92 Å². The molecule has 4 heteroatoms. The molecule has 12 heavy (non-hydrogen) atoms. The second-order valence-electron chi connectivity index (χ2n) is 2.66. The van der Waals surface area contributed by atoms with Crippen molar-refractivity contribution in [2.24, 2.45) is 10.9 Å². The minimum atomic E-state index is 0.760. The molecule has 2 rings (SSSR count). The second-order valence-corrected chi connectivity index (χ2v) is 3.69. The summed E-state index contributed by atoms with van der Waals surface area (Å²) in [5.74, 6) is 5.16. The molecule has 0 aliphatic rings. The van der Waals surface area contributed by atoms with Crippen molar-refractivity contribution in [1.82, 2.24) is 4.98 Å². The Morgan fingerprint density at radius 2 is 2.33 bits per heavy atom. The molecule has 1 aromatic carbocycles. The lowest BCUT2D eigenvalue weighted by Gasteiger charge is -1.89. The van der Waals surface area contributed by atoms with E-state index in [2.05, 4.69) is 35.2 Å². The van der Waals surface area contributed by atoms with Crippen molar-refractivity contribution in [3.05, 3.63) is 28.6 Å². The first-order chi connectivity index (χ1) is 5.79. The number of thiazole rings is 1. The van der Waals surface area contributed by atoms with Crippen LogP contribution in [0.4, 0.5) is 0 Å². The maximum Gasteiger partial charge on any atom is 0.205 e. The maximum atomic E-state index is 5.16. The van der Waals surface area contributed by atoms with Crippen LogP contribution in [0.1, 0.15) is 5.56 Å². The van der Waals surface area contributed by atoms with Gasteiger partial charge in [0.25, 0.3) is 0 Å². The normalized spacial score (nSPS) is 12.6. The maximum absolute atomic E-state index is 5.16. The summed E-state index contributed by atoms with van der Waals surface area (Å²) >= 11 is 1.56. The molecule has 0 saturated heterocycles. The quantitative estimate of drug-likeness (QED) is 0.465. The molecule has 0 unspecified atom stereocenters. The van der Waals surface area contributed by atoms with Gasteiger partial charge in [-0.25, -0.2) is 0 Å². The number of aromatic amines is 1. The van der Waals surface area contributed by atoms with Crippen molar-refractivity contribution in [2.75, 3.05) is 0 Å². The zero-order chi connectivity index (χ0) is 8.55. The summed E-state index contributed by atoms with van der Waals surface area (Å²) in [7, 11) is 0. The first-order valence-electron chi connectivity index (χ1n) is 3.63. The molecule has 0 radical (unpaired) electrons. The van der Waals surface area contributed by atoms with Gasteiger partial charge in [0.05, 0.1) is 10.2 Å². The van der Waals surface area contributed by atoms with Crippen LogP contribution in [-0.2, 0) is 0 Å². The molecule has 0 bridgehead atoms. The number of aromatic nitrogens is 1. The van der Waals surface area contributed by atoms with Crippen LogP contribution in [-0.4, -0.2) is 4.98 Å². The minimum Gasteiger partial charge on any atom is -0.329 e. The minimum absolute atomic E-state index is 0.760. The Balaban J connectivity index is 2.84. The first-order valence-corrected chi connectivity index (χ1v) is 4.44. The standard InChI is InChI=1S/C8H9N3S/c1-5-2-3-7-6(4-5)10-8(11-9)12-7/h2-4H,9H2,1H3,(H,10,11). The number of nitrogens with two attached hydrogens (primary N) is 1. The third-order valence-corrected chi connectivity index (χ3v) is 2.68. The SMILES string of the molecule is Cc1ccc2s/c(=N\N)[nH]c2c1. The van der Waals surface area contributed by atoms with E-state index in [9.17, 15) is 0 Å². The molecule has 0 amide bonds. The first kappa shape index (κ1) is 7.36. The van der Waals surface area contributed by atoms with Crippen LogP contribution in [0, 0.1) is 6.92 Å². The molecule has 0 atom stereocenters. The van der Waals surface area contributed by atoms with Crippen LogP contribution in [0.2, 0.25) is 0 Å². The van der Waals surface area contributed by atoms with Gasteiger partial charge in [0.2, 0.25) is 4.80 Å². The van der Waals surface area contributed by atoms with Crippen molar-refractivity contribution >= 4 is 21.6 Å². The van der Waals surface area contributed by atoms with Crippen molar-refractivity contribution in [3.8, 4) is 0 Å². The van der Waals surface area contributed by atoms with E-state index in [1.165, 1.54) is 10.3 Å². The number of hydrogen-bond donors (Lipinski definition) is 2. The van der Waals surface area contributed by atoms with Crippen LogP contribution in [0.15, 0.2) is 23.3 Å². The fourth-order valence-corrected chi connectivity index (χ4v) is 1.91. The fourth-order valence-electron chi connectivity index (χ4n) is 1.13. The smallest absolute Gasteiger partial charge is 0.205 e. The Labute approximate surface area is 73.5 Å². The summed E-state index contributed by atoms with van der Waals surface area (Å²) in [6.45, 7) is 2.06. The number of H-pyrrole nitrogens is 1. The molecule has 0 aliphatic heterocycles. The number of benzene rings is 1. The van der Waals surface area contributed by atoms with Crippen LogP contribution in [0.5, 0.6) is 0 Å². The average Bonchev–Trinajstić information content (AvgIpc) is 2.46. The molecule has 0 saturated carbocycles. The molecule has 1 aromatic heterocycles. The third kappa shape index (κ3) is 1.10. The number of aryl methyl sites for hydroxylation is 1. The zero-order valence-electron chi connectivity index (χ0n) is 6.66. The highest BCUT2D eigenvalue weighted by Gasteiger charge is 1.96. The Hall–Kier alpha value is -1.29. The summed E-state index contributed by atoms with van der Waals surface area (Å²) in [5.41, 5.74) is 2.34. The van der Waals surface area contributed by atoms with Crippen molar-refractivity contribution in [1.29, 1.82) is 0 Å². The lowest BCUT2D eigenvalue weighted by molar-refractivity contribution is 1.11. The van der Waals surface area contributed by atoms with E-state index in [1.54, 1.807) is 11.3 Å². The lowest BCUT2D eigenvalue weighted by atomic mass is 10.2. The summed E-state index contributed by atoms with van der Waals surface area (Å²) in [5, 5.41) is 3.60. The number of nitrogens with zero attached hydrogens (tertiary/aromatic N) is 1. The number of nitrogens with one attached hydrogen (secondary N) is 1. The largest absolute Gasteiger partial charge is 0.329 e. The topological polar surface area (TPSA) is 54.2 Å².